The molecule has 6 nitrogen and oxygen atoms in total. The van der Waals surface area contributed by atoms with Gasteiger partial charge >= 0.3 is 7.60 Å². The Balaban J connectivity index is 2.56. The second-order valence-corrected chi connectivity index (χ2v) is 6.86. The third-order valence-electron chi connectivity index (χ3n) is 2.83. The number of hydrogen-bond acceptors (Lipinski definition) is 6. The molecule has 0 amide bonds. The number of nitrogens with two attached hydrogens (primary N) is 1. The largest absolute Gasteiger partial charge is 0.489 e. The predicted molar refractivity (Wildman–Crippen MR) is 91.2 cm³/mol. The van der Waals surface area contributed by atoms with Crippen LogP contribution in [0.1, 0.15) is 31.1 Å². The van der Waals surface area contributed by atoms with Gasteiger partial charge in [-0.15, -0.1) is 0 Å². The minimum atomic E-state index is -3.07. The number of ether oxygens (including phenoxy) is 1. The number of benzene rings is 1. The molecule has 0 radical (unpaired) electrons. The third-order valence-corrected chi connectivity index (χ3v) is 4.79. The van der Waals surface area contributed by atoms with E-state index in [-0.39, 0.29) is 18.6 Å². The van der Waals surface area contributed by atoms with E-state index in [1.807, 2.05) is 0 Å². The van der Waals surface area contributed by atoms with Crippen LogP contribution in [-0.2, 0) is 13.6 Å². The molecule has 0 aliphatic heterocycles. The van der Waals surface area contributed by atoms with Crippen LogP contribution in [0.15, 0.2) is 30.4 Å². The molecule has 0 fully saturated rings. The van der Waals surface area contributed by atoms with E-state index in [4.69, 9.17) is 19.5 Å². The van der Waals surface area contributed by atoms with Gasteiger partial charge in [-0.25, -0.2) is 0 Å². The highest BCUT2D eigenvalue weighted by atomic mass is 31.2. The van der Waals surface area contributed by atoms with Crippen LogP contribution < -0.4 is 10.5 Å². The molecule has 128 valence electrons. The van der Waals surface area contributed by atoms with Gasteiger partial charge in [0.2, 0.25) is 0 Å². The summed E-state index contributed by atoms with van der Waals surface area (Å²) < 4.78 is 28.1. The first-order valence-electron chi connectivity index (χ1n) is 7.47. The number of ketones is 1. The lowest BCUT2D eigenvalue weighted by Gasteiger charge is -2.14. The summed E-state index contributed by atoms with van der Waals surface area (Å²) in [4.78, 5) is 11.4. The molecule has 0 saturated heterocycles. The molecule has 0 saturated carbocycles. The number of anilines is 1. The molecule has 1 rings (SSSR count). The van der Waals surface area contributed by atoms with E-state index in [1.165, 1.54) is 6.92 Å². The van der Waals surface area contributed by atoms with Gasteiger partial charge < -0.3 is 19.5 Å². The highest BCUT2D eigenvalue weighted by Crippen LogP contribution is 2.47. The summed E-state index contributed by atoms with van der Waals surface area (Å²) in [6.07, 6.45) is 3.61. The summed E-state index contributed by atoms with van der Waals surface area (Å²) in [5.41, 5.74) is 6.70. The van der Waals surface area contributed by atoms with Crippen molar-refractivity contribution in [1.82, 2.24) is 0 Å². The molecule has 7 heteroatoms. The molecular weight excluding hydrogens is 317 g/mol. The Kier molecular flexibility index (Phi) is 8.03. The molecule has 0 aliphatic rings. The van der Waals surface area contributed by atoms with E-state index >= 15 is 0 Å². The molecule has 1 aromatic carbocycles. The zero-order chi connectivity index (χ0) is 17.3. The predicted octanol–water partition coefficient (Wildman–Crippen LogP) is 3.67. The molecule has 1 aromatic rings. The summed E-state index contributed by atoms with van der Waals surface area (Å²) in [6.45, 7) is 5.93. The molecule has 0 atom stereocenters. The monoisotopic (exact) mass is 341 g/mol. The Hall–Kier alpha value is -1.62. The molecule has 23 heavy (non-hydrogen) atoms. The molecule has 0 spiro atoms. The fraction of sp³-hybridized carbons (Fsp3) is 0.438. The van der Waals surface area contributed by atoms with Crippen molar-refractivity contribution >= 4 is 19.1 Å². The van der Waals surface area contributed by atoms with Crippen molar-refractivity contribution in [2.24, 2.45) is 0 Å². The summed E-state index contributed by atoms with van der Waals surface area (Å²) in [5, 5.41) is 0. The van der Waals surface area contributed by atoms with Gasteiger partial charge in [0.15, 0.2) is 5.78 Å². The fourth-order valence-electron chi connectivity index (χ4n) is 1.86. The summed E-state index contributed by atoms with van der Waals surface area (Å²) in [7, 11) is -3.07. The van der Waals surface area contributed by atoms with Crippen molar-refractivity contribution < 1.29 is 23.1 Å². The van der Waals surface area contributed by atoms with Gasteiger partial charge in [-0.3, -0.25) is 9.36 Å². The van der Waals surface area contributed by atoms with Crippen molar-refractivity contribution in [1.29, 1.82) is 0 Å². The van der Waals surface area contributed by atoms with E-state index in [2.05, 4.69) is 0 Å². The highest BCUT2D eigenvalue weighted by molar-refractivity contribution is 7.54. The number of Topliss-reactive ketones (excluding diaryl/α,β-unsaturated/α-hetero) is 1. The minimum Gasteiger partial charge on any atom is -0.489 e. The van der Waals surface area contributed by atoms with Crippen LogP contribution in [-0.4, -0.2) is 31.8 Å². The van der Waals surface area contributed by atoms with Gasteiger partial charge in [-0.1, -0.05) is 12.2 Å². The zero-order valence-corrected chi connectivity index (χ0v) is 14.7. The van der Waals surface area contributed by atoms with Crippen LogP contribution in [0, 0.1) is 0 Å². The van der Waals surface area contributed by atoms with E-state index in [1.54, 1.807) is 44.2 Å². The van der Waals surface area contributed by atoms with E-state index in [9.17, 15) is 9.36 Å². The topological polar surface area (TPSA) is 87.9 Å². The van der Waals surface area contributed by atoms with Crippen molar-refractivity contribution in [3.05, 3.63) is 35.9 Å². The molecular formula is C16H24NO5P. The summed E-state index contributed by atoms with van der Waals surface area (Å²) >= 11 is 0. The van der Waals surface area contributed by atoms with Gasteiger partial charge in [0.1, 0.15) is 12.4 Å². The van der Waals surface area contributed by atoms with Crippen LogP contribution in [0.3, 0.4) is 0 Å². The average Bonchev–Trinajstić information content (AvgIpc) is 2.46. The smallest absolute Gasteiger partial charge is 0.334 e. The number of carbonyl (C=O) groups is 1. The molecule has 0 unspecified atom stereocenters. The average molecular weight is 341 g/mol. The van der Waals surface area contributed by atoms with Gasteiger partial charge in [0, 0.05) is 17.3 Å². The number of hydrogen-bond donors (Lipinski definition) is 1. The van der Waals surface area contributed by atoms with Crippen LogP contribution >= 0.6 is 7.60 Å². The lowest BCUT2D eigenvalue weighted by Crippen LogP contribution is -2.00. The summed E-state index contributed by atoms with van der Waals surface area (Å²) in [6, 6.07) is 4.88. The lowest BCUT2D eigenvalue weighted by molar-refractivity contribution is 0.101. The Bertz CT molecular complexity index is 590. The van der Waals surface area contributed by atoms with Gasteiger partial charge in [0.25, 0.3) is 0 Å². The Morgan fingerprint density at radius 1 is 1.17 bits per heavy atom. The summed E-state index contributed by atoms with van der Waals surface area (Å²) in [5.74, 6) is 0.435. The first-order chi connectivity index (χ1) is 10.9. The fourth-order valence-corrected chi connectivity index (χ4v) is 3.34. The lowest BCUT2D eigenvalue weighted by atomic mass is 10.1. The maximum absolute atomic E-state index is 12.2. The van der Waals surface area contributed by atoms with Crippen LogP contribution in [0.25, 0.3) is 0 Å². The SMILES string of the molecule is CCOP(=O)(C/C=C/COc1cc(N)cc(C(C)=O)c1)OCC. The van der Waals surface area contributed by atoms with E-state index in [0.717, 1.165) is 0 Å². The first-order valence-corrected chi connectivity index (χ1v) is 9.20. The first kappa shape index (κ1) is 19.4. The third kappa shape index (κ3) is 6.99. The molecule has 0 bridgehead atoms. The molecule has 0 aromatic heterocycles. The molecule has 2 N–H and O–H groups in total. The normalized spacial score (nSPS) is 11.8. The van der Waals surface area contributed by atoms with Crippen molar-refractivity contribution in [2.45, 2.75) is 20.8 Å². The van der Waals surface area contributed by atoms with Crippen LogP contribution in [0.4, 0.5) is 5.69 Å². The van der Waals surface area contributed by atoms with Gasteiger partial charge in [-0.2, -0.15) is 0 Å². The standard InChI is InChI=1S/C16H24NO5P/c1-4-21-23(19,22-5-2)9-7-6-8-20-16-11-14(13(3)18)10-15(17)12-16/h6-7,10-12H,4-5,8-9,17H2,1-3H3/b7-6+. The minimum absolute atomic E-state index is 0.0768. The Morgan fingerprint density at radius 2 is 1.83 bits per heavy atom. The van der Waals surface area contributed by atoms with E-state index in [0.29, 0.717) is 30.2 Å². The van der Waals surface area contributed by atoms with Gasteiger partial charge in [-0.05, 0) is 32.9 Å². The number of rotatable bonds is 10. The number of carbonyl (C=O) groups excluding carboxylic acids is 1. The number of allylic oxidation sites excluding steroid dienone is 1. The van der Waals surface area contributed by atoms with E-state index < -0.39 is 7.60 Å². The zero-order valence-electron chi connectivity index (χ0n) is 13.8. The number of nitrogen functional groups attached to an aromatic ring is 1. The maximum Gasteiger partial charge on any atom is 0.334 e. The Morgan fingerprint density at radius 3 is 2.39 bits per heavy atom. The van der Waals surface area contributed by atoms with Crippen LogP contribution in [0.2, 0.25) is 0 Å². The van der Waals surface area contributed by atoms with Crippen LogP contribution in [0.5, 0.6) is 5.75 Å². The Labute approximate surface area is 137 Å². The van der Waals surface area contributed by atoms with Crippen molar-refractivity contribution in [2.75, 3.05) is 31.7 Å². The maximum atomic E-state index is 12.2. The molecule has 0 aliphatic carbocycles. The van der Waals surface area contributed by atoms with Crippen molar-refractivity contribution in [3.63, 3.8) is 0 Å². The van der Waals surface area contributed by atoms with Gasteiger partial charge in [0.05, 0.1) is 19.4 Å². The molecule has 0 heterocycles. The second-order valence-electron chi connectivity index (χ2n) is 4.76. The highest BCUT2D eigenvalue weighted by Gasteiger charge is 2.20. The quantitative estimate of drug-likeness (QED) is 0.302. The van der Waals surface area contributed by atoms with Crippen molar-refractivity contribution in [3.8, 4) is 5.75 Å². The second kappa shape index (κ2) is 9.50.